The van der Waals surface area contributed by atoms with Crippen molar-refractivity contribution in [2.45, 2.75) is 12.5 Å². The average Bonchev–Trinajstić information content (AvgIpc) is 2.64. The van der Waals surface area contributed by atoms with Gasteiger partial charge < -0.3 is 15.1 Å². The van der Waals surface area contributed by atoms with Crippen LogP contribution in [0.3, 0.4) is 0 Å². The second-order valence-corrected chi connectivity index (χ2v) is 3.15. The van der Waals surface area contributed by atoms with Gasteiger partial charge in [0.1, 0.15) is 5.71 Å². The second kappa shape index (κ2) is 4.08. The summed E-state index contributed by atoms with van der Waals surface area (Å²) in [5.74, 6) is -0.494. The van der Waals surface area contributed by atoms with Gasteiger partial charge in [0.05, 0.1) is 0 Å². The van der Waals surface area contributed by atoms with E-state index < -0.39 is 6.10 Å². The molecule has 6 heteroatoms. The third kappa shape index (κ3) is 2.01. The van der Waals surface area contributed by atoms with E-state index >= 15 is 0 Å². The summed E-state index contributed by atoms with van der Waals surface area (Å²) in [6.45, 7) is 0. The Labute approximate surface area is 81.9 Å². The normalized spacial score (nSPS) is 19.6. The largest absolute Gasteiger partial charge is 0.382 e. The summed E-state index contributed by atoms with van der Waals surface area (Å²) >= 11 is 0. The highest BCUT2D eigenvalue weighted by atomic mass is 16.6. The van der Waals surface area contributed by atoms with Gasteiger partial charge in [0.2, 0.25) is 6.10 Å². The molecule has 1 aliphatic heterocycles. The molecule has 1 aliphatic rings. The minimum Gasteiger partial charge on any atom is -0.382 e. The van der Waals surface area contributed by atoms with Gasteiger partial charge in [-0.2, -0.15) is 0 Å². The van der Waals surface area contributed by atoms with Gasteiger partial charge in [-0.25, -0.2) is 0 Å². The summed E-state index contributed by atoms with van der Waals surface area (Å²) in [4.78, 5) is 28.8. The number of hydrogen-bond donors (Lipinski definition) is 1. The Hall–Kier alpha value is -1.59. The fourth-order valence-corrected chi connectivity index (χ4v) is 1.08. The Morgan fingerprint density at radius 3 is 2.71 bits per heavy atom. The van der Waals surface area contributed by atoms with Crippen molar-refractivity contribution in [2.75, 3.05) is 21.1 Å². The quantitative estimate of drug-likeness (QED) is 0.618. The van der Waals surface area contributed by atoms with E-state index in [0.717, 1.165) is 0 Å². The molecule has 0 aromatic heterocycles. The lowest BCUT2D eigenvalue weighted by Crippen LogP contribution is -2.35. The van der Waals surface area contributed by atoms with Crippen LogP contribution in [0.4, 0.5) is 0 Å². The first-order chi connectivity index (χ1) is 6.56. The van der Waals surface area contributed by atoms with Crippen LogP contribution in [0.1, 0.15) is 6.42 Å². The Morgan fingerprint density at radius 1 is 1.57 bits per heavy atom. The molecule has 0 aromatic carbocycles. The number of likely N-dealkylation sites (N-methyl/N-ethyl adjacent to an activating group) is 1. The van der Waals surface area contributed by atoms with Crippen molar-refractivity contribution in [1.29, 1.82) is 0 Å². The zero-order valence-corrected chi connectivity index (χ0v) is 8.40. The van der Waals surface area contributed by atoms with Crippen molar-refractivity contribution in [3.63, 3.8) is 0 Å². The number of nitrogens with zero attached hydrogens (tertiary/aromatic N) is 2. The molecule has 6 nitrogen and oxygen atoms in total. The molecule has 1 heterocycles. The lowest BCUT2D eigenvalue weighted by atomic mass is 10.1. The fourth-order valence-electron chi connectivity index (χ4n) is 1.08. The monoisotopic (exact) mass is 199 g/mol. The maximum atomic E-state index is 11.4. The number of carbonyl (C=O) groups is 2. The second-order valence-electron chi connectivity index (χ2n) is 3.15. The van der Waals surface area contributed by atoms with Crippen molar-refractivity contribution in [3.8, 4) is 0 Å². The number of hydrogen-bond acceptors (Lipinski definition) is 4. The van der Waals surface area contributed by atoms with E-state index in [1.807, 2.05) is 0 Å². The number of nitrogens with one attached hydrogen (secondary N) is 1. The molecule has 1 rings (SSSR count). The highest BCUT2D eigenvalue weighted by Gasteiger charge is 2.31. The summed E-state index contributed by atoms with van der Waals surface area (Å²) in [5, 5.41) is 5.97. The fraction of sp³-hybridized carbons (Fsp3) is 0.625. The molecule has 1 N–H and O–H groups in total. The van der Waals surface area contributed by atoms with Gasteiger partial charge in [0, 0.05) is 27.6 Å². The van der Waals surface area contributed by atoms with Gasteiger partial charge in [-0.05, 0) is 0 Å². The number of oxime groups is 1. The number of amides is 2. The lowest BCUT2D eigenvalue weighted by Gasteiger charge is -2.13. The van der Waals surface area contributed by atoms with Gasteiger partial charge in [-0.1, -0.05) is 5.16 Å². The summed E-state index contributed by atoms with van der Waals surface area (Å²) in [5.41, 5.74) is 0.257. The molecule has 1 atom stereocenters. The van der Waals surface area contributed by atoms with Crippen LogP contribution in [-0.2, 0) is 14.4 Å². The van der Waals surface area contributed by atoms with Crippen LogP contribution >= 0.6 is 0 Å². The van der Waals surface area contributed by atoms with Gasteiger partial charge in [0.25, 0.3) is 11.8 Å². The predicted octanol–water partition coefficient (Wildman–Crippen LogP) is -1.03. The van der Waals surface area contributed by atoms with Crippen molar-refractivity contribution < 1.29 is 14.4 Å². The van der Waals surface area contributed by atoms with Crippen LogP contribution in [0.2, 0.25) is 0 Å². The van der Waals surface area contributed by atoms with Crippen LogP contribution in [0.25, 0.3) is 0 Å². The molecule has 0 radical (unpaired) electrons. The molecular formula is C8H13N3O3. The first-order valence-corrected chi connectivity index (χ1v) is 4.22. The van der Waals surface area contributed by atoms with E-state index in [2.05, 4.69) is 10.5 Å². The van der Waals surface area contributed by atoms with E-state index in [9.17, 15) is 9.59 Å². The van der Waals surface area contributed by atoms with Gasteiger partial charge in [-0.15, -0.1) is 0 Å². The highest BCUT2D eigenvalue weighted by molar-refractivity contribution is 6.39. The van der Waals surface area contributed by atoms with Crippen molar-refractivity contribution >= 4 is 17.5 Å². The Balaban J connectivity index is 2.54. The molecule has 2 amide bonds. The SMILES string of the molecule is CNC(=O)C1=NO[C@H](C(=O)N(C)C)C1. The van der Waals surface area contributed by atoms with Crippen molar-refractivity contribution in [2.24, 2.45) is 5.16 Å². The zero-order valence-electron chi connectivity index (χ0n) is 8.40. The summed E-state index contributed by atoms with van der Waals surface area (Å²) < 4.78 is 0. The minimum absolute atomic E-state index is 0.187. The smallest absolute Gasteiger partial charge is 0.268 e. The topological polar surface area (TPSA) is 71.0 Å². The van der Waals surface area contributed by atoms with Crippen molar-refractivity contribution in [3.05, 3.63) is 0 Å². The first kappa shape index (κ1) is 10.5. The van der Waals surface area contributed by atoms with E-state index in [0.29, 0.717) is 0 Å². The molecule has 78 valence electrons. The molecule has 0 spiro atoms. The van der Waals surface area contributed by atoms with Gasteiger partial charge in [-0.3, -0.25) is 9.59 Å². The standard InChI is InChI=1S/C8H13N3O3/c1-9-7(12)5-4-6(14-10-5)8(13)11(2)3/h6H,4H2,1-3H3,(H,9,12)/t6-/m0/s1. The molecule has 0 saturated carbocycles. The molecule has 14 heavy (non-hydrogen) atoms. The van der Waals surface area contributed by atoms with Crippen molar-refractivity contribution in [1.82, 2.24) is 10.2 Å². The lowest BCUT2D eigenvalue weighted by molar-refractivity contribution is -0.139. The molecule has 0 fully saturated rings. The third-order valence-electron chi connectivity index (χ3n) is 1.87. The zero-order chi connectivity index (χ0) is 10.7. The molecule has 0 aromatic rings. The Kier molecular flexibility index (Phi) is 3.06. The van der Waals surface area contributed by atoms with Gasteiger partial charge in [0.15, 0.2) is 0 Å². The summed E-state index contributed by atoms with van der Waals surface area (Å²) in [6.07, 6.45) is -0.422. The maximum absolute atomic E-state index is 11.4. The summed E-state index contributed by atoms with van der Waals surface area (Å²) in [7, 11) is 4.76. The van der Waals surface area contributed by atoms with Crippen LogP contribution in [0.5, 0.6) is 0 Å². The van der Waals surface area contributed by atoms with E-state index in [1.54, 1.807) is 14.1 Å². The molecular weight excluding hydrogens is 186 g/mol. The Morgan fingerprint density at radius 2 is 2.21 bits per heavy atom. The molecule has 0 unspecified atom stereocenters. The number of carbonyl (C=O) groups excluding carboxylic acids is 2. The van der Waals surface area contributed by atoms with Crippen LogP contribution < -0.4 is 5.32 Å². The minimum atomic E-state index is -0.655. The predicted molar refractivity (Wildman–Crippen MR) is 49.7 cm³/mol. The van der Waals surface area contributed by atoms with Gasteiger partial charge >= 0.3 is 0 Å². The average molecular weight is 199 g/mol. The maximum Gasteiger partial charge on any atom is 0.268 e. The Bertz CT molecular complexity index is 286. The highest BCUT2D eigenvalue weighted by Crippen LogP contribution is 2.12. The molecule has 0 bridgehead atoms. The number of rotatable bonds is 2. The van der Waals surface area contributed by atoms with Crippen LogP contribution in [0, 0.1) is 0 Å². The van der Waals surface area contributed by atoms with E-state index in [4.69, 9.17) is 4.84 Å². The molecule has 0 aliphatic carbocycles. The summed E-state index contributed by atoms with van der Waals surface area (Å²) in [6, 6.07) is 0. The van der Waals surface area contributed by atoms with E-state index in [-0.39, 0.29) is 23.9 Å². The van der Waals surface area contributed by atoms with E-state index in [1.165, 1.54) is 11.9 Å². The van der Waals surface area contributed by atoms with Crippen LogP contribution in [0.15, 0.2) is 5.16 Å². The first-order valence-electron chi connectivity index (χ1n) is 4.22. The third-order valence-corrected chi connectivity index (χ3v) is 1.87. The molecule has 0 saturated heterocycles. The van der Waals surface area contributed by atoms with Crippen LogP contribution in [-0.4, -0.2) is 49.7 Å².